The van der Waals surface area contributed by atoms with Crippen LogP contribution in [0.5, 0.6) is 0 Å². The molecular weight excluding hydrogens is 320 g/mol. The number of halogens is 1. The predicted molar refractivity (Wildman–Crippen MR) is 100 cm³/mol. The molecule has 2 aromatic carbocycles. The van der Waals surface area contributed by atoms with Crippen LogP contribution in [0.2, 0.25) is 5.02 Å². The lowest BCUT2D eigenvalue weighted by atomic mass is 10.00. The Labute approximate surface area is 148 Å². The number of benzodiazepines with no additional fused rings is 1. The Morgan fingerprint density at radius 3 is 2.62 bits per heavy atom. The molecule has 0 aromatic heterocycles. The average Bonchev–Trinajstić information content (AvgIpc) is 2.70. The van der Waals surface area contributed by atoms with Crippen LogP contribution in [0.1, 0.15) is 31.4 Å². The van der Waals surface area contributed by atoms with Gasteiger partial charge in [-0.15, -0.1) is 0 Å². The van der Waals surface area contributed by atoms with E-state index in [2.05, 4.69) is 18.8 Å². The van der Waals surface area contributed by atoms with Gasteiger partial charge >= 0.3 is 0 Å². The Hall–Kier alpha value is -2.13. The Kier molecular flexibility index (Phi) is 5.00. The molecule has 2 aromatic rings. The molecule has 124 valence electrons. The van der Waals surface area contributed by atoms with E-state index in [9.17, 15) is 4.79 Å². The number of aliphatic imine (C=N–C) groups is 1. The summed E-state index contributed by atoms with van der Waals surface area (Å²) in [6.07, 6.45) is 0.953. The van der Waals surface area contributed by atoms with Gasteiger partial charge in [-0.3, -0.25) is 9.79 Å². The van der Waals surface area contributed by atoms with Crippen molar-refractivity contribution in [1.29, 1.82) is 0 Å². The van der Waals surface area contributed by atoms with Crippen molar-refractivity contribution in [3.63, 3.8) is 0 Å². The molecule has 1 aliphatic heterocycles. The number of anilines is 1. The SMILES string of the molecule is CC(C)CCN1C(=O)CN=C(c2ccccc2)c2cc(Cl)ccc21. The van der Waals surface area contributed by atoms with Crippen LogP contribution >= 0.6 is 11.6 Å². The molecular formula is C20H21ClN2O. The van der Waals surface area contributed by atoms with E-state index >= 15 is 0 Å². The highest BCUT2D eigenvalue weighted by atomic mass is 35.5. The zero-order valence-electron chi connectivity index (χ0n) is 14.0. The number of nitrogens with zero attached hydrogens (tertiary/aromatic N) is 2. The molecule has 0 atom stereocenters. The van der Waals surface area contributed by atoms with E-state index in [1.54, 1.807) is 0 Å². The van der Waals surface area contributed by atoms with Gasteiger partial charge in [-0.25, -0.2) is 0 Å². The number of carbonyl (C=O) groups is 1. The van der Waals surface area contributed by atoms with Crippen LogP contribution in [-0.4, -0.2) is 24.7 Å². The zero-order valence-corrected chi connectivity index (χ0v) is 14.8. The van der Waals surface area contributed by atoms with Gasteiger partial charge in [-0.2, -0.15) is 0 Å². The molecule has 1 heterocycles. The summed E-state index contributed by atoms with van der Waals surface area (Å²) in [6, 6.07) is 15.6. The third-order valence-corrected chi connectivity index (χ3v) is 4.39. The molecule has 3 rings (SSSR count). The standard InChI is InChI=1S/C20H21ClN2O/c1-14(2)10-11-23-18-9-8-16(21)12-17(18)20(22-13-19(23)24)15-6-4-3-5-7-15/h3-9,12,14H,10-11,13H2,1-2H3. The molecule has 0 saturated heterocycles. The lowest BCUT2D eigenvalue weighted by molar-refractivity contribution is -0.117. The number of benzene rings is 2. The van der Waals surface area contributed by atoms with E-state index in [0.717, 1.165) is 28.9 Å². The Morgan fingerprint density at radius 2 is 1.92 bits per heavy atom. The van der Waals surface area contributed by atoms with E-state index in [0.29, 0.717) is 17.5 Å². The second kappa shape index (κ2) is 7.18. The highest BCUT2D eigenvalue weighted by Gasteiger charge is 2.25. The van der Waals surface area contributed by atoms with Gasteiger partial charge in [-0.05, 0) is 30.5 Å². The number of carbonyl (C=O) groups excluding carboxylic acids is 1. The maximum atomic E-state index is 12.6. The van der Waals surface area contributed by atoms with Gasteiger partial charge in [0, 0.05) is 22.7 Å². The van der Waals surface area contributed by atoms with Crippen LogP contribution in [0.15, 0.2) is 53.5 Å². The number of fused-ring (bicyclic) bond motifs is 1. The first-order valence-electron chi connectivity index (χ1n) is 8.26. The smallest absolute Gasteiger partial charge is 0.248 e. The zero-order chi connectivity index (χ0) is 17.1. The van der Waals surface area contributed by atoms with Gasteiger partial charge in [0.05, 0.1) is 11.4 Å². The molecule has 24 heavy (non-hydrogen) atoms. The largest absolute Gasteiger partial charge is 0.310 e. The Balaban J connectivity index is 2.09. The summed E-state index contributed by atoms with van der Waals surface area (Å²) in [5.74, 6) is 0.566. The Morgan fingerprint density at radius 1 is 1.17 bits per heavy atom. The molecule has 0 bridgehead atoms. The highest BCUT2D eigenvalue weighted by Crippen LogP contribution is 2.30. The minimum absolute atomic E-state index is 0.0325. The summed E-state index contributed by atoms with van der Waals surface area (Å²) in [5, 5.41) is 0.649. The number of rotatable bonds is 4. The molecule has 0 radical (unpaired) electrons. The van der Waals surface area contributed by atoms with Gasteiger partial charge in [0.2, 0.25) is 5.91 Å². The molecule has 3 nitrogen and oxygen atoms in total. The molecule has 0 aliphatic carbocycles. The number of hydrogen-bond donors (Lipinski definition) is 0. The van der Waals surface area contributed by atoms with Crippen molar-refractivity contribution < 1.29 is 4.79 Å². The lowest BCUT2D eigenvalue weighted by Crippen LogP contribution is -2.34. The summed E-state index contributed by atoms with van der Waals surface area (Å²) in [6.45, 7) is 5.19. The van der Waals surface area contributed by atoms with Crippen molar-refractivity contribution in [3.8, 4) is 0 Å². The second-order valence-corrected chi connectivity index (χ2v) is 6.86. The van der Waals surface area contributed by atoms with E-state index in [-0.39, 0.29) is 12.5 Å². The molecule has 0 unspecified atom stereocenters. The van der Waals surface area contributed by atoms with E-state index in [1.807, 2.05) is 53.4 Å². The Bertz CT molecular complexity index is 768. The maximum Gasteiger partial charge on any atom is 0.248 e. The summed E-state index contributed by atoms with van der Waals surface area (Å²) < 4.78 is 0. The molecule has 0 spiro atoms. The van der Waals surface area contributed by atoms with Crippen molar-refractivity contribution in [2.75, 3.05) is 18.0 Å². The van der Waals surface area contributed by atoms with Crippen LogP contribution in [0.3, 0.4) is 0 Å². The van der Waals surface area contributed by atoms with Gasteiger partial charge < -0.3 is 4.90 Å². The summed E-state index contributed by atoms with van der Waals surface area (Å²) in [4.78, 5) is 19.1. The van der Waals surface area contributed by atoms with Crippen molar-refractivity contribution in [1.82, 2.24) is 0 Å². The topological polar surface area (TPSA) is 32.7 Å². The minimum Gasteiger partial charge on any atom is -0.310 e. The molecule has 0 N–H and O–H groups in total. The first-order chi connectivity index (χ1) is 11.6. The third-order valence-electron chi connectivity index (χ3n) is 4.16. The normalized spacial score (nSPS) is 14.4. The summed E-state index contributed by atoms with van der Waals surface area (Å²) >= 11 is 6.24. The first kappa shape index (κ1) is 16.7. The number of hydrogen-bond acceptors (Lipinski definition) is 2. The van der Waals surface area contributed by atoms with Crippen LogP contribution in [0.4, 0.5) is 5.69 Å². The van der Waals surface area contributed by atoms with Crippen molar-refractivity contribution in [2.24, 2.45) is 10.9 Å². The van der Waals surface area contributed by atoms with E-state index < -0.39 is 0 Å². The van der Waals surface area contributed by atoms with Crippen LogP contribution in [-0.2, 0) is 4.79 Å². The molecule has 1 amide bonds. The molecule has 4 heteroatoms. The minimum atomic E-state index is 0.0325. The third kappa shape index (κ3) is 3.51. The quantitative estimate of drug-likeness (QED) is 0.802. The van der Waals surface area contributed by atoms with Gasteiger partial charge in [0.15, 0.2) is 0 Å². The van der Waals surface area contributed by atoms with Crippen molar-refractivity contribution in [3.05, 3.63) is 64.7 Å². The van der Waals surface area contributed by atoms with Crippen LogP contribution in [0.25, 0.3) is 0 Å². The number of amides is 1. The van der Waals surface area contributed by atoms with Crippen LogP contribution in [0, 0.1) is 5.92 Å². The van der Waals surface area contributed by atoms with Crippen LogP contribution < -0.4 is 4.90 Å². The van der Waals surface area contributed by atoms with Gasteiger partial charge in [0.1, 0.15) is 6.54 Å². The van der Waals surface area contributed by atoms with E-state index in [1.165, 1.54) is 0 Å². The first-order valence-corrected chi connectivity index (χ1v) is 8.64. The molecule has 1 aliphatic rings. The fourth-order valence-electron chi connectivity index (χ4n) is 2.86. The fraction of sp³-hybridized carbons (Fsp3) is 0.300. The van der Waals surface area contributed by atoms with E-state index in [4.69, 9.17) is 11.6 Å². The summed E-state index contributed by atoms with van der Waals surface area (Å²) in [5.41, 5.74) is 3.64. The summed E-state index contributed by atoms with van der Waals surface area (Å²) in [7, 11) is 0. The van der Waals surface area contributed by atoms with Crippen molar-refractivity contribution >= 4 is 28.9 Å². The average molecular weight is 341 g/mol. The lowest BCUT2D eigenvalue weighted by Gasteiger charge is -2.24. The highest BCUT2D eigenvalue weighted by molar-refractivity contribution is 6.32. The van der Waals surface area contributed by atoms with Gasteiger partial charge in [0.25, 0.3) is 0 Å². The van der Waals surface area contributed by atoms with Gasteiger partial charge in [-0.1, -0.05) is 55.8 Å². The maximum absolute atomic E-state index is 12.6. The monoisotopic (exact) mass is 340 g/mol. The molecule has 0 saturated carbocycles. The molecule has 0 fully saturated rings. The van der Waals surface area contributed by atoms with Crippen molar-refractivity contribution in [2.45, 2.75) is 20.3 Å². The fourth-order valence-corrected chi connectivity index (χ4v) is 3.03. The second-order valence-electron chi connectivity index (χ2n) is 6.42. The predicted octanol–water partition coefficient (Wildman–Crippen LogP) is 4.57.